The molecule has 0 aliphatic heterocycles. The van der Waals surface area contributed by atoms with Crippen molar-refractivity contribution in [2.45, 2.75) is 32.6 Å². The lowest BCUT2D eigenvalue weighted by molar-refractivity contribution is 0.651. The smallest absolute Gasteiger partial charge is 0.194 e. The van der Waals surface area contributed by atoms with Crippen molar-refractivity contribution in [2.75, 3.05) is 0 Å². The zero-order valence-electron chi connectivity index (χ0n) is 13.0. The fraction of sp³-hybridized carbons (Fsp3) is 0.263. The van der Waals surface area contributed by atoms with Crippen LogP contribution in [0.5, 0.6) is 0 Å². The molecule has 0 amide bonds. The standard InChI is InChI=1S/C19H17ClN2O/c1-12-9-10-16-18(23)15-7-2-3-8-17(15)22(19(16)21-12)14-6-4-5-13(20)11-14/h4-6,9-11H,2-3,7-8H2,1H3. The van der Waals surface area contributed by atoms with E-state index in [-0.39, 0.29) is 5.43 Å². The van der Waals surface area contributed by atoms with Gasteiger partial charge in [-0.3, -0.25) is 9.36 Å². The molecule has 2 aromatic heterocycles. The topological polar surface area (TPSA) is 34.9 Å². The summed E-state index contributed by atoms with van der Waals surface area (Å²) in [7, 11) is 0. The second kappa shape index (κ2) is 5.50. The van der Waals surface area contributed by atoms with E-state index < -0.39 is 0 Å². The molecule has 0 radical (unpaired) electrons. The molecule has 23 heavy (non-hydrogen) atoms. The van der Waals surface area contributed by atoms with Crippen molar-refractivity contribution in [1.29, 1.82) is 0 Å². The van der Waals surface area contributed by atoms with Gasteiger partial charge >= 0.3 is 0 Å². The van der Waals surface area contributed by atoms with E-state index in [2.05, 4.69) is 9.55 Å². The Morgan fingerprint density at radius 2 is 1.96 bits per heavy atom. The summed E-state index contributed by atoms with van der Waals surface area (Å²) >= 11 is 6.20. The molecule has 1 aliphatic carbocycles. The number of halogens is 1. The Morgan fingerprint density at radius 1 is 1.13 bits per heavy atom. The number of hydrogen-bond donors (Lipinski definition) is 0. The van der Waals surface area contributed by atoms with Crippen molar-refractivity contribution in [3.05, 3.63) is 68.6 Å². The maximum Gasteiger partial charge on any atom is 0.194 e. The molecule has 3 nitrogen and oxygen atoms in total. The molecule has 2 heterocycles. The van der Waals surface area contributed by atoms with Crippen LogP contribution in [0.15, 0.2) is 41.2 Å². The van der Waals surface area contributed by atoms with Gasteiger partial charge in [-0.25, -0.2) is 4.98 Å². The Morgan fingerprint density at radius 3 is 2.78 bits per heavy atom. The van der Waals surface area contributed by atoms with Gasteiger partial charge in [-0.05, 0) is 62.9 Å². The summed E-state index contributed by atoms with van der Waals surface area (Å²) < 4.78 is 2.13. The SMILES string of the molecule is Cc1ccc2c(=O)c3c(n(-c4cccc(Cl)c4)c2n1)CCCC3. The van der Waals surface area contributed by atoms with E-state index in [0.29, 0.717) is 10.4 Å². The highest BCUT2D eigenvalue weighted by Crippen LogP contribution is 2.27. The highest BCUT2D eigenvalue weighted by molar-refractivity contribution is 6.30. The van der Waals surface area contributed by atoms with E-state index in [0.717, 1.165) is 54.0 Å². The van der Waals surface area contributed by atoms with Gasteiger partial charge in [0.05, 0.1) is 5.39 Å². The molecule has 116 valence electrons. The van der Waals surface area contributed by atoms with Crippen molar-refractivity contribution in [3.8, 4) is 5.69 Å². The number of aromatic nitrogens is 2. The highest BCUT2D eigenvalue weighted by Gasteiger charge is 2.21. The molecular formula is C19H17ClN2O. The molecule has 0 spiro atoms. The van der Waals surface area contributed by atoms with Crippen LogP contribution >= 0.6 is 11.6 Å². The molecule has 0 bridgehead atoms. The zero-order valence-corrected chi connectivity index (χ0v) is 13.7. The molecule has 0 fully saturated rings. The van der Waals surface area contributed by atoms with E-state index in [9.17, 15) is 4.79 Å². The van der Waals surface area contributed by atoms with Gasteiger partial charge in [0.1, 0.15) is 5.65 Å². The number of benzene rings is 1. The summed E-state index contributed by atoms with van der Waals surface area (Å²) in [5.41, 5.74) is 4.78. The van der Waals surface area contributed by atoms with Gasteiger partial charge in [-0.15, -0.1) is 0 Å². The second-order valence-corrected chi connectivity index (χ2v) is 6.54. The maximum atomic E-state index is 12.9. The summed E-state index contributed by atoms with van der Waals surface area (Å²) in [6, 6.07) is 11.6. The fourth-order valence-corrected chi connectivity index (χ4v) is 3.64. The third-order valence-corrected chi connectivity index (χ3v) is 4.75. The molecule has 0 N–H and O–H groups in total. The van der Waals surface area contributed by atoms with Gasteiger partial charge in [0, 0.05) is 27.7 Å². The number of rotatable bonds is 1. The van der Waals surface area contributed by atoms with Crippen LogP contribution in [0.2, 0.25) is 5.02 Å². The van der Waals surface area contributed by atoms with Crippen molar-refractivity contribution in [1.82, 2.24) is 9.55 Å². The fourth-order valence-electron chi connectivity index (χ4n) is 3.46. The lowest BCUT2D eigenvalue weighted by atomic mass is 9.94. The normalized spacial score (nSPS) is 14.0. The third-order valence-electron chi connectivity index (χ3n) is 4.52. The Labute approximate surface area is 139 Å². The Hall–Kier alpha value is -2.13. The second-order valence-electron chi connectivity index (χ2n) is 6.10. The monoisotopic (exact) mass is 324 g/mol. The molecule has 0 saturated heterocycles. The third kappa shape index (κ3) is 2.36. The first-order valence-corrected chi connectivity index (χ1v) is 8.33. The van der Waals surface area contributed by atoms with Crippen molar-refractivity contribution >= 4 is 22.6 Å². The molecule has 0 atom stereocenters. The molecule has 4 heteroatoms. The van der Waals surface area contributed by atoms with Crippen LogP contribution in [-0.4, -0.2) is 9.55 Å². The van der Waals surface area contributed by atoms with Crippen LogP contribution in [0, 0.1) is 6.92 Å². The van der Waals surface area contributed by atoms with Crippen molar-refractivity contribution < 1.29 is 0 Å². The van der Waals surface area contributed by atoms with Crippen LogP contribution in [0.25, 0.3) is 16.7 Å². The van der Waals surface area contributed by atoms with Crippen LogP contribution < -0.4 is 5.43 Å². The Kier molecular flexibility index (Phi) is 3.46. The summed E-state index contributed by atoms with van der Waals surface area (Å²) in [5, 5.41) is 1.38. The molecule has 1 aliphatic rings. The van der Waals surface area contributed by atoms with Crippen LogP contribution in [-0.2, 0) is 12.8 Å². The van der Waals surface area contributed by atoms with Crippen LogP contribution in [0.3, 0.4) is 0 Å². The van der Waals surface area contributed by atoms with Gasteiger partial charge < -0.3 is 0 Å². The zero-order chi connectivity index (χ0) is 16.0. The predicted octanol–water partition coefficient (Wildman–Crippen LogP) is 4.23. The molecule has 4 rings (SSSR count). The number of nitrogens with zero attached hydrogens (tertiary/aromatic N) is 2. The van der Waals surface area contributed by atoms with E-state index in [1.807, 2.05) is 43.3 Å². The quantitative estimate of drug-likeness (QED) is 0.671. The van der Waals surface area contributed by atoms with Gasteiger partial charge in [-0.1, -0.05) is 17.7 Å². The van der Waals surface area contributed by atoms with Crippen molar-refractivity contribution in [2.24, 2.45) is 0 Å². The molecular weight excluding hydrogens is 308 g/mol. The van der Waals surface area contributed by atoms with Crippen molar-refractivity contribution in [3.63, 3.8) is 0 Å². The van der Waals surface area contributed by atoms with Gasteiger partial charge in [-0.2, -0.15) is 0 Å². The number of fused-ring (bicyclic) bond motifs is 2. The Bertz CT molecular complexity index is 975. The predicted molar refractivity (Wildman–Crippen MR) is 93.7 cm³/mol. The van der Waals surface area contributed by atoms with E-state index in [1.165, 1.54) is 0 Å². The van der Waals surface area contributed by atoms with Crippen LogP contribution in [0.1, 0.15) is 29.8 Å². The van der Waals surface area contributed by atoms with E-state index in [4.69, 9.17) is 11.6 Å². The van der Waals surface area contributed by atoms with E-state index >= 15 is 0 Å². The van der Waals surface area contributed by atoms with Gasteiger partial charge in [0.15, 0.2) is 5.43 Å². The van der Waals surface area contributed by atoms with Crippen LogP contribution in [0.4, 0.5) is 0 Å². The first kappa shape index (κ1) is 14.5. The number of aryl methyl sites for hydroxylation is 1. The molecule has 0 unspecified atom stereocenters. The van der Waals surface area contributed by atoms with Gasteiger partial charge in [0.2, 0.25) is 0 Å². The minimum atomic E-state index is 0.139. The number of pyridine rings is 2. The first-order valence-electron chi connectivity index (χ1n) is 7.95. The minimum absolute atomic E-state index is 0.139. The summed E-state index contributed by atoms with van der Waals surface area (Å²) in [6.45, 7) is 1.95. The number of hydrogen-bond acceptors (Lipinski definition) is 2. The summed E-state index contributed by atoms with van der Waals surface area (Å²) in [5.74, 6) is 0. The van der Waals surface area contributed by atoms with Gasteiger partial charge in [0.25, 0.3) is 0 Å². The molecule has 0 saturated carbocycles. The maximum absolute atomic E-state index is 12.9. The lowest BCUT2D eigenvalue weighted by Crippen LogP contribution is -2.23. The average Bonchev–Trinajstić information content (AvgIpc) is 2.55. The van der Waals surface area contributed by atoms with E-state index in [1.54, 1.807) is 0 Å². The first-order chi connectivity index (χ1) is 11.1. The minimum Gasteiger partial charge on any atom is -0.298 e. The largest absolute Gasteiger partial charge is 0.298 e. The summed E-state index contributed by atoms with van der Waals surface area (Å²) in [4.78, 5) is 17.5. The lowest BCUT2D eigenvalue weighted by Gasteiger charge is -2.23. The average molecular weight is 325 g/mol. The summed E-state index contributed by atoms with van der Waals surface area (Å²) in [6.07, 6.45) is 3.92. The Balaban J connectivity index is 2.18. The highest BCUT2D eigenvalue weighted by atomic mass is 35.5. The molecule has 1 aromatic carbocycles. The molecule has 3 aromatic rings.